The number of ether oxygens (including phenoxy) is 3. The average molecular weight is 216 g/mol. The quantitative estimate of drug-likeness (QED) is 0.353. The largest absolute Gasteiger partial charge is 0.427 e. The van der Waals surface area contributed by atoms with E-state index in [0.29, 0.717) is 19.6 Å². The van der Waals surface area contributed by atoms with Crippen molar-refractivity contribution >= 4 is 5.97 Å². The molecule has 15 heavy (non-hydrogen) atoms. The van der Waals surface area contributed by atoms with Crippen molar-refractivity contribution in [1.82, 2.24) is 0 Å². The van der Waals surface area contributed by atoms with Gasteiger partial charge in [-0.05, 0) is 13.8 Å². The highest BCUT2D eigenvalue weighted by molar-refractivity contribution is 5.81. The van der Waals surface area contributed by atoms with Crippen molar-refractivity contribution in [1.29, 1.82) is 0 Å². The zero-order valence-electron chi connectivity index (χ0n) is 9.75. The molecule has 88 valence electrons. The van der Waals surface area contributed by atoms with Gasteiger partial charge in [0, 0.05) is 25.7 Å². The van der Waals surface area contributed by atoms with Crippen molar-refractivity contribution in [3.05, 3.63) is 12.7 Å². The highest BCUT2D eigenvalue weighted by Gasteiger charge is 2.32. The maximum Gasteiger partial charge on any atom is 0.332 e. The molecule has 0 saturated carbocycles. The Kier molecular flexibility index (Phi) is 6.99. The lowest BCUT2D eigenvalue weighted by Gasteiger charge is -2.31. The van der Waals surface area contributed by atoms with Crippen molar-refractivity contribution in [2.24, 2.45) is 0 Å². The van der Waals surface area contributed by atoms with Crippen LogP contribution in [0.5, 0.6) is 0 Å². The van der Waals surface area contributed by atoms with Crippen LogP contribution in [-0.2, 0) is 19.0 Å². The van der Waals surface area contributed by atoms with Crippen LogP contribution in [0.1, 0.15) is 27.2 Å². The number of hydrogen-bond acceptors (Lipinski definition) is 4. The Bertz CT molecular complexity index is 203. The Morgan fingerprint density at radius 3 is 2.40 bits per heavy atom. The maximum atomic E-state index is 11.1. The van der Waals surface area contributed by atoms with Crippen LogP contribution in [0.2, 0.25) is 0 Å². The summed E-state index contributed by atoms with van der Waals surface area (Å²) < 4.78 is 15.9. The van der Waals surface area contributed by atoms with E-state index in [0.717, 1.165) is 6.08 Å². The summed E-state index contributed by atoms with van der Waals surface area (Å²) in [6.07, 6.45) is 1.66. The van der Waals surface area contributed by atoms with E-state index in [-0.39, 0.29) is 6.61 Å². The fraction of sp³-hybridized carbons (Fsp3) is 0.727. The van der Waals surface area contributed by atoms with Crippen molar-refractivity contribution in [2.45, 2.75) is 33.0 Å². The fourth-order valence-electron chi connectivity index (χ4n) is 1.12. The van der Waals surface area contributed by atoms with E-state index in [1.165, 1.54) is 0 Å². The highest BCUT2D eigenvalue weighted by atomic mass is 16.7. The van der Waals surface area contributed by atoms with Crippen LogP contribution in [0.3, 0.4) is 0 Å². The molecular formula is C11H20O4. The van der Waals surface area contributed by atoms with E-state index in [1.807, 2.05) is 20.8 Å². The highest BCUT2D eigenvalue weighted by Crippen LogP contribution is 2.19. The van der Waals surface area contributed by atoms with E-state index >= 15 is 0 Å². The normalized spacial score (nSPS) is 14.3. The molecule has 1 atom stereocenters. The summed E-state index contributed by atoms with van der Waals surface area (Å²) in [5.41, 5.74) is 0. The Morgan fingerprint density at radius 2 is 2.00 bits per heavy atom. The molecule has 0 bridgehead atoms. The van der Waals surface area contributed by atoms with E-state index in [2.05, 4.69) is 6.58 Å². The van der Waals surface area contributed by atoms with Gasteiger partial charge >= 0.3 is 5.97 Å². The number of carbonyl (C=O) groups excluding carboxylic acids is 1. The summed E-state index contributed by atoms with van der Waals surface area (Å²) in [4.78, 5) is 11.1. The summed E-state index contributed by atoms with van der Waals surface area (Å²) in [6.45, 7) is 10.2. The first-order chi connectivity index (χ1) is 7.14. The summed E-state index contributed by atoms with van der Waals surface area (Å²) >= 11 is 0. The van der Waals surface area contributed by atoms with E-state index in [4.69, 9.17) is 14.2 Å². The van der Waals surface area contributed by atoms with Gasteiger partial charge in [-0.1, -0.05) is 13.5 Å². The lowest BCUT2D eigenvalue weighted by Crippen LogP contribution is -2.42. The average Bonchev–Trinajstić information content (AvgIpc) is 2.26. The molecule has 0 aliphatic carbocycles. The molecule has 0 heterocycles. The van der Waals surface area contributed by atoms with Crippen LogP contribution in [0.15, 0.2) is 12.7 Å². The third-order valence-electron chi connectivity index (χ3n) is 1.93. The van der Waals surface area contributed by atoms with Gasteiger partial charge in [0.25, 0.3) is 0 Å². The SMILES string of the molecule is C=CC(=O)OC(CC)(COCC)OCC. The zero-order chi connectivity index (χ0) is 11.7. The van der Waals surface area contributed by atoms with Gasteiger partial charge in [0.15, 0.2) is 0 Å². The lowest BCUT2D eigenvalue weighted by atomic mass is 10.2. The fourth-order valence-corrected chi connectivity index (χ4v) is 1.12. The van der Waals surface area contributed by atoms with Gasteiger partial charge in [-0.15, -0.1) is 0 Å². The van der Waals surface area contributed by atoms with Gasteiger partial charge in [0.2, 0.25) is 5.79 Å². The number of rotatable bonds is 8. The van der Waals surface area contributed by atoms with Crippen molar-refractivity contribution in [2.75, 3.05) is 19.8 Å². The van der Waals surface area contributed by atoms with E-state index in [9.17, 15) is 4.79 Å². The third kappa shape index (κ3) is 4.95. The van der Waals surface area contributed by atoms with Gasteiger partial charge in [-0.25, -0.2) is 4.79 Å². The van der Waals surface area contributed by atoms with Crippen molar-refractivity contribution in [3.8, 4) is 0 Å². The molecule has 4 heteroatoms. The molecule has 0 aromatic rings. The van der Waals surface area contributed by atoms with Gasteiger partial charge < -0.3 is 14.2 Å². The molecule has 0 aromatic carbocycles. The van der Waals surface area contributed by atoms with Crippen LogP contribution in [0, 0.1) is 0 Å². The second kappa shape index (κ2) is 7.43. The molecule has 0 fully saturated rings. The molecule has 1 unspecified atom stereocenters. The smallest absolute Gasteiger partial charge is 0.332 e. The van der Waals surface area contributed by atoms with Crippen LogP contribution in [0.4, 0.5) is 0 Å². The van der Waals surface area contributed by atoms with Gasteiger partial charge in [-0.3, -0.25) is 0 Å². The third-order valence-corrected chi connectivity index (χ3v) is 1.93. The molecular weight excluding hydrogens is 196 g/mol. The zero-order valence-corrected chi connectivity index (χ0v) is 9.75. The predicted molar refractivity (Wildman–Crippen MR) is 57.4 cm³/mol. The molecule has 0 rings (SSSR count). The van der Waals surface area contributed by atoms with Crippen LogP contribution in [-0.4, -0.2) is 31.6 Å². The summed E-state index contributed by atoms with van der Waals surface area (Å²) in [7, 11) is 0. The topological polar surface area (TPSA) is 44.8 Å². The minimum absolute atomic E-state index is 0.243. The van der Waals surface area contributed by atoms with Crippen LogP contribution >= 0.6 is 0 Å². The second-order valence-corrected chi connectivity index (χ2v) is 2.96. The molecule has 0 spiro atoms. The number of esters is 1. The Balaban J connectivity index is 4.47. The molecule has 0 aromatic heterocycles. The lowest BCUT2D eigenvalue weighted by molar-refractivity contribution is -0.247. The summed E-state index contributed by atoms with van der Waals surface area (Å²) in [5.74, 6) is -1.47. The Labute approximate surface area is 91.2 Å². The van der Waals surface area contributed by atoms with Crippen LogP contribution in [0.25, 0.3) is 0 Å². The van der Waals surface area contributed by atoms with Gasteiger partial charge in [0.05, 0.1) is 0 Å². The van der Waals surface area contributed by atoms with Crippen molar-refractivity contribution < 1.29 is 19.0 Å². The molecule has 0 saturated heterocycles. The molecule has 4 nitrogen and oxygen atoms in total. The Hall–Kier alpha value is -0.870. The van der Waals surface area contributed by atoms with Gasteiger partial charge in [-0.2, -0.15) is 0 Å². The van der Waals surface area contributed by atoms with E-state index < -0.39 is 11.8 Å². The first kappa shape index (κ1) is 14.1. The van der Waals surface area contributed by atoms with Gasteiger partial charge in [0.1, 0.15) is 6.61 Å². The monoisotopic (exact) mass is 216 g/mol. The first-order valence-electron chi connectivity index (χ1n) is 5.21. The molecule has 0 aliphatic rings. The molecule has 0 radical (unpaired) electrons. The maximum absolute atomic E-state index is 11.1. The van der Waals surface area contributed by atoms with E-state index in [1.54, 1.807) is 0 Å². The second-order valence-electron chi connectivity index (χ2n) is 2.96. The summed E-state index contributed by atoms with van der Waals surface area (Å²) in [5, 5.41) is 0. The first-order valence-corrected chi connectivity index (χ1v) is 5.21. The standard InChI is InChI=1S/C11H20O4/c1-5-10(12)15-11(6-2,14-8-4)9-13-7-3/h5H,1,6-9H2,2-4H3. The minimum atomic E-state index is -0.976. The molecule has 0 N–H and O–H groups in total. The molecule has 0 amide bonds. The molecule has 0 aliphatic heterocycles. The predicted octanol–water partition coefficient (Wildman–Crippen LogP) is 1.89. The van der Waals surface area contributed by atoms with Crippen LogP contribution < -0.4 is 0 Å². The summed E-state index contributed by atoms with van der Waals surface area (Å²) in [6, 6.07) is 0. The number of hydrogen-bond donors (Lipinski definition) is 0. The number of carbonyl (C=O) groups is 1. The van der Waals surface area contributed by atoms with Crippen molar-refractivity contribution in [3.63, 3.8) is 0 Å². The minimum Gasteiger partial charge on any atom is -0.427 e. The Morgan fingerprint density at radius 1 is 1.33 bits per heavy atom.